The minimum absolute atomic E-state index is 0.0624. The Labute approximate surface area is 174 Å². The van der Waals surface area contributed by atoms with Gasteiger partial charge in [-0.1, -0.05) is 13.8 Å². The fourth-order valence-electron chi connectivity index (χ4n) is 3.84. The highest BCUT2D eigenvalue weighted by Crippen LogP contribution is 2.31. The van der Waals surface area contributed by atoms with Crippen molar-refractivity contribution in [1.82, 2.24) is 20.6 Å². The average molecular weight is 434 g/mol. The van der Waals surface area contributed by atoms with Crippen LogP contribution < -0.4 is 10.6 Å². The van der Waals surface area contributed by atoms with Crippen LogP contribution in [0.25, 0.3) is 0 Å². The number of alkyl halides is 3. The molecule has 10 heteroatoms. The van der Waals surface area contributed by atoms with Crippen LogP contribution in [-0.2, 0) is 9.53 Å². The maximum Gasteiger partial charge on any atom is 0.471 e. The summed E-state index contributed by atoms with van der Waals surface area (Å²) in [5.41, 5.74) is 0. The average Bonchev–Trinajstić information content (AvgIpc) is 3.02. The maximum absolute atomic E-state index is 12.4. The maximum atomic E-state index is 12.4. The van der Waals surface area contributed by atoms with Gasteiger partial charge in [0.05, 0.1) is 31.1 Å². The Morgan fingerprint density at radius 2 is 1.83 bits per heavy atom. The van der Waals surface area contributed by atoms with Gasteiger partial charge in [0.25, 0.3) is 0 Å². The molecule has 0 radical (unpaired) electrons. The van der Waals surface area contributed by atoms with Crippen LogP contribution in [-0.4, -0.2) is 52.9 Å². The molecule has 6 nitrogen and oxygen atoms in total. The predicted molar refractivity (Wildman–Crippen MR) is 103 cm³/mol. The summed E-state index contributed by atoms with van der Waals surface area (Å²) >= 11 is 0. The van der Waals surface area contributed by atoms with Gasteiger partial charge in [0.15, 0.2) is 5.82 Å². The second kappa shape index (κ2) is 11.0. The van der Waals surface area contributed by atoms with Crippen molar-refractivity contribution in [2.75, 3.05) is 6.61 Å². The largest absolute Gasteiger partial charge is 0.471 e. The van der Waals surface area contributed by atoms with E-state index in [4.69, 9.17) is 4.74 Å². The highest BCUT2D eigenvalue weighted by molar-refractivity contribution is 5.82. The van der Waals surface area contributed by atoms with Crippen LogP contribution >= 0.6 is 0 Å². The molecule has 2 N–H and O–H groups in total. The van der Waals surface area contributed by atoms with Crippen LogP contribution in [0.5, 0.6) is 0 Å². The molecule has 1 saturated carbocycles. The second-order valence-corrected chi connectivity index (χ2v) is 8.27. The SMILES string of the molecule is CC1CC(NC(=O)C(F)(F)F)C(COC2CC[C@@H](C)C(C)C2)N1.Fc1cncnc1. The van der Waals surface area contributed by atoms with Crippen LogP contribution in [0.3, 0.4) is 0 Å². The van der Waals surface area contributed by atoms with E-state index < -0.39 is 23.9 Å². The van der Waals surface area contributed by atoms with Gasteiger partial charge in [-0.25, -0.2) is 14.4 Å². The zero-order valence-electron chi connectivity index (χ0n) is 17.5. The molecule has 1 aromatic heterocycles. The van der Waals surface area contributed by atoms with E-state index in [0.717, 1.165) is 31.7 Å². The molecule has 1 aliphatic heterocycles. The molecular weight excluding hydrogens is 404 g/mol. The number of hydrogen-bond donors (Lipinski definition) is 2. The van der Waals surface area contributed by atoms with E-state index in [1.807, 2.05) is 6.92 Å². The lowest BCUT2D eigenvalue weighted by molar-refractivity contribution is -0.174. The fourth-order valence-corrected chi connectivity index (χ4v) is 3.84. The van der Waals surface area contributed by atoms with Crippen molar-refractivity contribution >= 4 is 5.91 Å². The molecule has 1 amide bonds. The first-order chi connectivity index (χ1) is 14.1. The van der Waals surface area contributed by atoms with E-state index in [1.165, 1.54) is 6.33 Å². The Kier molecular flexibility index (Phi) is 8.96. The van der Waals surface area contributed by atoms with Crippen molar-refractivity contribution in [1.29, 1.82) is 0 Å². The molecule has 30 heavy (non-hydrogen) atoms. The Morgan fingerprint density at radius 3 is 2.37 bits per heavy atom. The van der Waals surface area contributed by atoms with E-state index >= 15 is 0 Å². The third-order valence-electron chi connectivity index (χ3n) is 5.76. The summed E-state index contributed by atoms with van der Waals surface area (Å²) in [5, 5.41) is 5.31. The Balaban J connectivity index is 0.000000386. The summed E-state index contributed by atoms with van der Waals surface area (Å²) in [4.78, 5) is 17.9. The lowest BCUT2D eigenvalue weighted by Crippen LogP contribution is -2.50. The van der Waals surface area contributed by atoms with Gasteiger partial charge >= 0.3 is 12.1 Å². The van der Waals surface area contributed by atoms with Crippen LogP contribution in [0.1, 0.15) is 46.5 Å². The summed E-state index contributed by atoms with van der Waals surface area (Å²) in [7, 11) is 0. The quantitative estimate of drug-likeness (QED) is 0.712. The van der Waals surface area contributed by atoms with Gasteiger partial charge in [0, 0.05) is 12.1 Å². The Hall–Kier alpha value is -1.81. The van der Waals surface area contributed by atoms with Gasteiger partial charge in [0.1, 0.15) is 6.33 Å². The summed E-state index contributed by atoms with van der Waals surface area (Å²) in [6.07, 6.45) is 2.40. The Bertz CT molecular complexity index is 662. The zero-order chi connectivity index (χ0) is 22.3. The lowest BCUT2D eigenvalue weighted by atomic mass is 9.80. The van der Waals surface area contributed by atoms with Crippen LogP contribution in [0.15, 0.2) is 18.7 Å². The van der Waals surface area contributed by atoms with E-state index in [9.17, 15) is 22.4 Å². The molecule has 5 unspecified atom stereocenters. The fraction of sp³-hybridized carbons (Fsp3) is 0.750. The van der Waals surface area contributed by atoms with Crippen molar-refractivity contribution < 1.29 is 27.1 Å². The van der Waals surface area contributed by atoms with Crippen LogP contribution in [0.2, 0.25) is 0 Å². The molecule has 0 bridgehead atoms. The zero-order valence-corrected chi connectivity index (χ0v) is 17.5. The summed E-state index contributed by atoms with van der Waals surface area (Å²) in [6, 6.07) is -0.752. The summed E-state index contributed by atoms with van der Waals surface area (Å²) in [6.45, 7) is 6.68. The van der Waals surface area contributed by atoms with Gasteiger partial charge < -0.3 is 15.4 Å². The molecule has 1 saturated heterocycles. The van der Waals surface area contributed by atoms with Gasteiger partial charge in [-0.15, -0.1) is 0 Å². The number of carbonyl (C=O) groups excluding carboxylic acids is 1. The topological polar surface area (TPSA) is 76.1 Å². The molecule has 2 aliphatic rings. The number of rotatable bonds is 4. The first kappa shape index (κ1) is 24.5. The summed E-state index contributed by atoms with van der Waals surface area (Å²) in [5.74, 6) is -0.978. The number of aromatic nitrogens is 2. The van der Waals surface area contributed by atoms with E-state index in [0.29, 0.717) is 24.9 Å². The first-order valence-electron chi connectivity index (χ1n) is 10.2. The molecule has 2 heterocycles. The molecule has 0 spiro atoms. The first-order valence-corrected chi connectivity index (χ1v) is 10.2. The number of ether oxygens (including phenoxy) is 1. The number of nitrogens with one attached hydrogen (secondary N) is 2. The number of hydrogen-bond acceptors (Lipinski definition) is 5. The second-order valence-electron chi connectivity index (χ2n) is 8.27. The van der Waals surface area contributed by atoms with Crippen LogP contribution in [0.4, 0.5) is 17.6 Å². The third-order valence-corrected chi connectivity index (χ3v) is 5.76. The minimum Gasteiger partial charge on any atom is -0.377 e. The van der Waals surface area contributed by atoms with Crippen molar-refractivity contribution in [3.63, 3.8) is 0 Å². The summed E-state index contributed by atoms with van der Waals surface area (Å²) < 4.78 is 55.0. The number of carbonyl (C=O) groups is 1. The van der Waals surface area contributed by atoms with E-state index in [2.05, 4.69) is 34.4 Å². The Morgan fingerprint density at radius 1 is 1.17 bits per heavy atom. The highest BCUT2D eigenvalue weighted by Gasteiger charge is 2.43. The number of amides is 1. The van der Waals surface area contributed by atoms with E-state index in [-0.39, 0.29) is 18.2 Å². The predicted octanol–water partition coefficient (Wildman–Crippen LogP) is 3.24. The molecule has 1 aliphatic carbocycles. The number of halogens is 4. The van der Waals surface area contributed by atoms with Gasteiger partial charge in [-0.05, 0) is 44.4 Å². The number of nitrogens with zero attached hydrogens (tertiary/aromatic N) is 2. The smallest absolute Gasteiger partial charge is 0.377 e. The molecule has 3 rings (SSSR count). The van der Waals surface area contributed by atoms with E-state index in [1.54, 1.807) is 0 Å². The van der Waals surface area contributed by atoms with Crippen LogP contribution in [0, 0.1) is 17.7 Å². The molecule has 2 fully saturated rings. The molecular formula is C20H30F4N4O2. The monoisotopic (exact) mass is 434 g/mol. The minimum atomic E-state index is -4.84. The van der Waals surface area contributed by atoms with Crippen molar-refractivity contribution in [2.24, 2.45) is 11.8 Å². The standard InChI is InChI=1S/C16H27F3N2O2.C4H3FN2/c1-9-4-5-12(6-10(9)2)23-8-14-13(7-11(3)20-14)21-15(22)16(17,18)19;5-4-1-6-3-7-2-4/h9-14,20H,4-8H2,1-3H3,(H,21,22);1-3H/t9-,10?,11?,12?,13?,14?;/m1./s1. The third kappa shape index (κ3) is 7.79. The highest BCUT2D eigenvalue weighted by atomic mass is 19.4. The van der Waals surface area contributed by atoms with Gasteiger partial charge in [-0.3, -0.25) is 4.79 Å². The van der Waals surface area contributed by atoms with Crippen molar-refractivity contribution in [2.45, 2.75) is 76.9 Å². The molecule has 6 atom stereocenters. The van der Waals surface area contributed by atoms with Crippen molar-refractivity contribution in [3.8, 4) is 0 Å². The van der Waals surface area contributed by atoms with Gasteiger partial charge in [-0.2, -0.15) is 13.2 Å². The lowest BCUT2D eigenvalue weighted by Gasteiger charge is -2.33. The molecule has 0 aromatic carbocycles. The normalized spacial score (nSPS) is 31.6. The molecule has 170 valence electrons. The van der Waals surface area contributed by atoms with Gasteiger partial charge in [0.2, 0.25) is 0 Å². The van der Waals surface area contributed by atoms with Crippen molar-refractivity contribution in [3.05, 3.63) is 24.5 Å². The molecule has 1 aromatic rings.